The summed E-state index contributed by atoms with van der Waals surface area (Å²) < 4.78 is 5.50. The van der Waals surface area contributed by atoms with Crippen molar-refractivity contribution < 1.29 is 14.3 Å². The van der Waals surface area contributed by atoms with Crippen molar-refractivity contribution in [1.82, 2.24) is 4.90 Å². The summed E-state index contributed by atoms with van der Waals surface area (Å²) in [5, 5.41) is 0. The first-order valence-electron chi connectivity index (χ1n) is 15.5. The predicted octanol–water partition coefficient (Wildman–Crippen LogP) is 7.32. The van der Waals surface area contributed by atoms with Gasteiger partial charge in [-0.25, -0.2) is 0 Å². The number of allylic oxidation sites excluding steroid dienone is 4. The van der Waals surface area contributed by atoms with Gasteiger partial charge in [-0.2, -0.15) is 0 Å². The minimum atomic E-state index is -0.200. The highest BCUT2D eigenvalue weighted by molar-refractivity contribution is 6.01. The normalized spacial score (nSPS) is 20.5. The van der Waals surface area contributed by atoms with Crippen LogP contribution in [0.15, 0.2) is 59.7 Å². The van der Waals surface area contributed by atoms with Gasteiger partial charge in [-0.05, 0) is 86.1 Å². The van der Waals surface area contributed by atoms with E-state index in [0.717, 1.165) is 71.9 Å². The molecule has 1 heterocycles. The number of benzene rings is 2. The second kappa shape index (κ2) is 13.3. The number of hydrogen-bond donors (Lipinski definition) is 0. The van der Waals surface area contributed by atoms with Gasteiger partial charge >= 0.3 is 0 Å². The van der Waals surface area contributed by atoms with E-state index in [9.17, 15) is 9.59 Å². The van der Waals surface area contributed by atoms with Gasteiger partial charge in [-0.1, -0.05) is 55.2 Å². The molecule has 0 aromatic heterocycles. The molecule has 41 heavy (non-hydrogen) atoms. The van der Waals surface area contributed by atoms with Gasteiger partial charge in [0.2, 0.25) is 0 Å². The van der Waals surface area contributed by atoms with Gasteiger partial charge in [0.15, 0.2) is 11.6 Å². The number of hydrogen-bond acceptors (Lipinski definition) is 5. The highest BCUT2D eigenvalue weighted by Gasteiger charge is 2.26. The Morgan fingerprint density at radius 2 is 1.66 bits per heavy atom. The van der Waals surface area contributed by atoms with E-state index in [4.69, 9.17) is 4.74 Å². The van der Waals surface area contributed by atoms with Gasteiger partial charge in [0.05, 0.1) is 13.2 Å². The van der Waals surface area contributed by atoms with E-state index >= 15 is 0 Å². The number of morpholine rings is 1. The molecule has 0 N–H and O–H groups in total. The molecule has 2 fully saturated rings. The Kier molecular flexibility index (Phi) is 9.57. The number of nitrogens with zero attached hydrogens (tertiary/aromatic N) is 2. The number of ether oxygens (including phenoxy) is 1. The second-order valence-corrected chi connectivity index (χ2v) is 12.3. The van der Waals surface area contributed by atoms with Gasteiger partial charge in [0, 0.05) is 56.3 Å². The third-order valence-electron chi connectivity index (χ3n) is 9.36. The molecule has 0 amide bonds. The van der Waals surface area contributed by atoms with Gasteiger partial charge in [0.25, 0.3) is 0 Å². The third-order valence-corrected chi connectivity index (χ3v) is 9.36. The smallest absolute Gasteiger partial charge is 0.163 e. The maximum absolute atomic E-state index is 13.8. The van der Waals surface area contributed by atoms with Crippen molar-refractivity contribution in [3.05, 3.63) is 76.4 Å². The van der Waals surface area contributed by atoms with E-state index in [-0.39, 0.29) is 17.5 Å². The van der Waals surface area contributed by atoms with E-state index in [1.165, 1.54) is 37.7 Å². The fourth-order valence-corrected chi connectivity index (χ4v) is 6.84. The second-order valence-electron chi connectivity index (χ2n) is 12.3. The molecule has 5 rings (SSSR count). The quantitative estimate of drug-likeness (QED) is 0.304. The summed E-state index contributed by atoms with van der Waals surface area (Å²) in [6.07, 6.45) is 10.9. The maximum atomic E-state index is 13.8. The van der Waals surface area contributed by atoms with Crippen molar-refractivity contribution in [1.29, 1.82) is 0 Å². The molecular weight excluding hydrogens is 508 g/mol. The number of ketones is 2. The van der Waals surface area contributed by atoms with E-state index in [0.29, 0.717) is 18.9 Å². The van der Waals surface area contributed by atoms with E-state index in [1.54, 1.807) is 6.08 Å². The molecule has 1 unspecified atom stereocenters. The van der Waals surface area contributed by atoms with E-state index in [2.05, 4.69) is 66.2 Å². The molecule has 5 heteroatoms. The number of carbonyl (C=O) groups is 2. The van der Waals surface area contributed by atoms with Crippen LogP contribution >= 0.6 is 0 Å². The third kappa shape index (κ3) is 7.07. The van der Waals surface area contributed by atoms with Crippen molar-refractivity contribution in [2.75, 3.05) is 38.3 Å². The Hall–Kier alpha value is -3.02. The van der Waals surface area contributed by atoms with Crippen molar-refractivity contribution >= 4 is 17.3 Å². The zero-order valence-electron chi connectivity index (χ0n) is 25.4. The minimum Gasteiger partial charge on any atom is -0.379 e. The largest absolute Gasteiger partial charge is 0.379 e. The molecule has 5 nitrogen and oxygen atoms in total. The molecule has 0 spiro atoms. The summed E-state index contributed by atoms with van der Waals surface area (Å²) in [6.45, 7) is 10.5. The van der Waals surface area contributed by atoms with Gasteiger partial charge in [0.1, 0.15) is 0 Å². The lowest BCUT2D eigenvalue weighted by molar-refractivity contribution is -0.117. The van der Waals surface area contributed by atoms with Crippen molar-refractivity contribution in [3.8, 4) is 11.1 Å². The van der Waals surface area contributed by atoms with Crippen LogP contribution in [-0.4, -0.2) is 55.9 Å². The Bertz CT molecular complexity index is 1310. The van der Waals surface area contributed by atoms with Gasteiger partial charge < -0.3 is 9.64 Å². The Balaban J connectivity index is 1.41. The highest BCUT2D eigenvalue weighted by Crippen LogP contribution is 2.35. The molecular formula is C36H46N2O3. The van der Waals surface area contributed by atoms with Crippen molar-refractivity contribution in [2.45, 2.75) is 78.3 Å². The Labute approximate surface area is 246 Å². The van der Waals surface area contributed by atoms with Crippen LogP contribution < -0.4 is 4.90 Å². The van der Waals surface area contributed by atoms with Gasteiger partial charge in [-0.15, -0.1) is 0 Å². The van der Waals surface area contributed by atoms with Crippen LogP contribution in [0.25, 0.3) is 11.1 Å². The maximum Gasteiger partial charge on any atom is 0.163 e. The predicted molar refractivity (Wildman–Crippen MR) is 168 cm³/mol. The fourth-order valence-electron chi connectivity index (χ4n) is 6.84. The average molecular weight is 555 g/mol. The average Bonchev–Trinajstić information content (AvgIpc) is 2.97. The van der Waals surface area contributed by atoms with Gasteiger partial charge in [-0.3, -0.25) is 14.5 Å². The van der Waals surface area contributed by atoms with Crippen LogP contribution in [0.2, 0.25) is 0 Å². The first-order valence-corrected chi connectivity index (χ1v) is 15.5. The number of rotatable bonds is 9. The van der Waals surface area contributed by atoms with Crippen LogP contribution in [0.5, 0.6) is 0 Å². The van der Waals surface area contributed by atoms with Crippen LogP contribution in [0.4, 0.5) is 5.69 Å². The molecule has 0 bridgehead atoms. The Morgan fingerprint density at radius 3 is 2.34 bits per heavy atom. The lowest BCUT2D eigenvalue weighted by Gasteiger charge is -2.34. The zero-order valence-corrected chi connectivity index (χ0v) is 25.4. The van der Waals surface area contributed by atoms with Crippen molar-refractivity contribution in [2.24, 2.45) is 5.92 Å². The summed E-state index contributed by atoms with van der Waals surface area (Å²) in [4.78, 5) is 31.4. The lowest BCUT2D eigenvalue weighted by Crippen LogP contribution is -2.35. The number of anilines is 1. The lowest BCUT2D eigenvalue weighted by atomic mass is 9.84. The summed E-state index contributed by atoms with van der Waals surface area (Å²) >= 11 is 0. The molecule has 218 valence electrons. The standard InChI is InChI=1S/C36H46N2O3/c1-25-20-26(2)32(36(40)21-25)14-15-35(39)33-22-30(23-34(27(33)3)37(4)31-8-6-5-7-9-31)29-12-10-28(11-13-29)24-38-16-18-41-19-17-38/h10-13,20-23,31-32H,5-9,14-19,24H2,1-4H3. The zero-order chi connectivity index (χ0) is 28.9. The molecule has 3 aliphatic rings. The molecule has 2 aliphatic carbocycles. The summed E-state index contributed by atoms with van der Waals surface area (Å²) in [5.41, 5.74) is 8.54. The van der Waals surface area contributed by atoms with Crippen LogP contribution in [0, 0.1) is 12.8 Å². The number of carbonyl (C=O) groups excluding carboxylic acids is 2. The first kappa shape index (κ1) is 29.5. The van der Waals surface area contributed by atoms with Crippen LogP contribution in [0.1, 0.15) is 80.3 Å². The van der Waals surface area contributed by atoms with Crippen molar-refractivity contribution in [3.63, 3.8) is 0 Å². The molecule has 2 aromatic rings. The monoisotopic (exact) mass is 554 g/mol. The number of Topliss-reactive ketones (excluding diaryl/α,β-unsaturated/α-hetero) is 1. The SMILES string of the molecule is CC1=CC(=O)C(CCC(=O)c2cc(-c3ccc(CN4CCOCC4)cc3)cc(N(C)C3CCCCC3)c2C)C(C)=C1. The highest BCUT2D eigenvalue weighted by atomic mass is 16.5. The first-order chi connectivity index (χ1) is 19.8. The molecule has 1 saturated carbocycles. The molecule has 1 aliphatic heterocycles. The topological polar surface area (TPSA) is 49.9 Å². The van der Waals surface area contributed by atoms with Crippen LogP contribution in [0.3, 0.4) is 0 Å². The van der Waals surface area contributed by atoms with Crippen LogP contribution in [-0.2, 0) is 16.1 Å². The summed E-state index contributed by atoms with van der Waals surface area (Å²) in [5.74, 6) is 0.0450. The van der Waals surface area contributed by atoms with E-state index in [1.807, 2.05) is 13.8 Å². The molecule has 1 atom stereocenters. The minimum absolute atomic E-state index is 0.121. The summed E-state index contributed by atoms with van der Waals surface area (Å²) in [6, 6.07) is 13.7. The molecule has 2 aromatic carbocycles. The van der Waals surface area contributed by atoms with E-state index < -0.39 is 0 Å². The molecule has 1 saturated heterocycles. The summed E-state index contributed by atoms with van der Waals surface area (Å²) in [7, 11) is 2.20. The fraction of sp³-hybridized carbons (Fsp3) is 0.500. The Morgan fingerprint density at radius 1 is 0.951 bits per heavy atom. The molecule has 0 radical (unpaired) electrons.